The monoisotopic (exact) mass is 641 g/mol. The molecule has 0 unspecified atom stereocenters. The zero-order chi connectivity index (χ0) is 34.0. The highest BCUT2D eigenvalue weighted by molar-refractivity contribution is 6.08. The third-order valence-corrected chi connectivity index (χ3v) is 7.65. The molecule has 5 aromatic rings. The van der Waals surface area contributed by atoms with Crippen molar-refractivity contribution >= 4 is 28.4 Å². The van der Waals surface area contributed by atoms with E-state index in [1.807, 2.05) is 38.1 Å². The van der Waals surface area contributed by atoms with Crippen LogP contribution in [0.15, 0.2) is 77.7 Å². The largest absolute Gasteiger partial charge is 0.456 e. The molecule has 2 N–H and O–H groups in total. The minimum atomic E-state index is -4.65. The standard InChI is InChI=1S/C35H30F3N5O4/c1-5-40-32(44)28-18-26-27(19-42(4)34(46)30(26)41-28)25-13-12-22(16-29(25)47-31-20(2)8-6-9-21(31)3)33(45)43(15-14-39)24-11-7-10-23(17-24)35(36,37)38/h6-13,16-19,41H,5,15H2,1-4H3,(H,40,44). The SMILES string of the molecule is CCNC(=O)c1cc2c(-c3ccc(C(=O)N(CC#N)c4cccc(C(F)(F)F)c4)cc3Oc3c(C)cccc3C)cn(C)c(=O)c2[nH]1. The summed E-state index contributed by atoms with van der Waals surface area (Å²) in [6.45, 7) is 5.35. The summed E-state index contributed by atoms with van der Waals surface area (Å²) in [5.74, 6) is -0.399. The number of anilines is 1. The zero-order valence-corrected chi connectivity index (χ0v) is 26.0. The molecule has 0 aliphatic carbocycles. The van der Waals surface area contributed by atoms with Gasteiger partial charge in [-0.15, -0.1) is 0 Å². The lowest BCUT2D eigenvalue weighted by Gasteiger charge is -2.22. The van der Waals surface area contributed by atoms with Crippen LogP contribution in [0.2, 0.25) is 0 Å². The maximum Gasteiger partial charge on any atom is 0.416 e. The molecule has 47 heavy (non-hydrogen) atoms. The number of benzene rings is 3. The lowest BCUT2D eigenvalue weighted by molar-refractivity contribution is -0.137. The second-order valence-corrected chi connectivity index (χ2v) is 10.9. The van der Waals surface area contributed by atoms with Crippen LogP contribution in [0.1, 0.15) is 44.5 Å². The van der Waals surface area contributed by atoms with Gasteiger partial charge in [0.2, 0.25) is 0 Å². The smallest absolute Gasteiger partial charge is 0.416 e. The average Bonchev–Trinajstić information content (AvgIpc) is 3.49. The number of pyridine rings is 1. The van der Waals surface area contributed by atoms with Crippen molar-refractivity contribution in [1.82, 2.24) is 14.9 Å². The Hall–Kier alpha value is -5.83. The molecular formula is C35H30F3N5O4. The van der Waals surface area contributed by atoms with Gasteiger partial charge >= 0.3 is 6.18 Å². The van der Waals surface area contributed by atoms with E-state index >= 15 is 0 Å². The number of fused-ring (bicyclic) bond motifs is 1. The van der Waals surface area contributed by atoms with Crippen molar-refractivity contribution in [1.29, 1.82) is 5.26 Å². The number of nitrogens with zero attached hydrogens (tertiary/aromatic N) is 3. The predicted octanol–water partition coefficient (Wildman–Crippen LogP) is 6.88. The van der Waals surface area contributed by atoms with Gasteiger partial charge in [-0.3, -0.25) is 19.3 Å². The molecule has 12 heteroatoms. The number of hydrogen-bond donors (Lipinski definition) is 2. The molecule has 0 fully saturated rings. The number of ether oxygens (including phenoxy) is 1. The fourth-order valence-corrected chi connectivity index (χ4v) is 5.32. The molecule has 2 heterocycles. The number of hydrogen-bond acceptors (Lipinski definition) is 5. The lowest BCUT2D eigenvalue weighted by Crippen LogP contribution is -2.31. The number of carbonyl (C=O) groups excluding carboxylic acids is 2. The minimum absolute atomic E-state index is 0.0424. The van der Waals surface area contributed by atoms with Gasteiger partial charge in [0.25, 0.3) is 17.4 Å². The van der Waals surface area contributed by atoms with Crippen LogP contribution in [0.5, 0.6) is 11.5 Å². The van der Waals surface area contributed by atoms with E-state index in [-0.39, 0.29) is 33.8 Å². The summed E-state index contributed by atoms with van der Waals surface area (Å²) >= 11 is 0. The van der Waals surface area contributed by atoms with Gasteiger partial charge in [-0.05, 0) is 74.4 Å². The van der Waals surface area contributed by atoms with Gasteiger partial charge in [0.1, 0.15) is 29.3 Å². The first-order chi connectivity index (χ1) is 22.3. The molecule has 2 amide bonds. The quantitative estimate of drug-likeness (QED) is 0.179. The summed E-state index contributed by atoms with van der Waals surface area (Å²) in [6.07, 6.45) is -3.05. The van der Waals surface area contributed by atoms with E-state index in [4.69, 9.17) is 4.74 Å². The topological polar surface area (TPSA) is 120 Å². The maximum absolute atomic E-state index is 13.9. The average molecular weight is 642 g/mol. The lowest BCUT2D eigenvalue weighted by atomic mass is 10.00. The highest BCUT2D eigenvalue weighted by atomic mass is 19.4. The van der Waals surface area contributed by atoms with Gasteiger partial charge in [-0.2, -0.15) is 18.4 Å². The zero-order valence-electron chi connectivity index (χ0n) is 26.0. The normalized spacial score (nSPS) is 11.3. The van der Waals surface area contributed by atoms with Gasteiger partial charge in [0.05, 0.1) is 11.6 Å². The molecule has 0 radical (unpaired) electrons. The number of carbonyl (C=O) groups is 2. The summed E-state index contributed by atoms with van der Waals surface area (Å²) in [4.78, 5) is 43.5. The molecule has 0 atom stereocenters. The first-order valence-electron chi connectivity index (χ1n) is 14.6. The molecule has 240 valence electrons. The van der Waals surface area contributed by atoms with Crippen LogP contribution < -0.4 is 20.5 Å². The van der Waals surface area contributed by atoms with Crippen LogP contribution in [0.25, 0.3) is 22.0 Å². The Morgan fingerprint density at radius 1 is 1.02 bits per heavy atom. The Kier molecular flexibility index (Phi) is 8.92. The number of nitrogens with one attached hydrogen (secondary N) is 2. The van der Waals surface area contributed by atoms with E-state index in [1.54, 1.807) is 32.3 Å². The van der Waals surface area contributed by atoms with Crippen molar-refractivity contribution in [2.45, 2.75) is 26.9 Å². The number of halogens is 3. The number of amides is 2. The number of para-hydroxylation sites is 1. The van der Waals surface area contributed by atoms with E-state index in [1.165, 1.54) is 28.8 Å². The number of H-pyrrole nitrogens is 1. The second-order valence-electron chi connectivity index (χ2n) is 10.9. The predicted molar refractivity (Wildman–Crippen MR) is 172 cm³/mol. The molecule has 2 aromatic heterocycles. The molecule has 0 bridgehead atoms. The van der Waals surface area contributed by atoms with Gasteiger partial charge < -0.3 is 19.6 Å². The fraction of sp³-hybridized carbons (Fsp3) is 0.200. The van der Waals surface area contributed by atoms with Crippen LogP contribution in [0.4, 0.5) is 18.9 Å². The highest BCUT2D eigenvalue weighted by Gasteiger charge is 2.31. The van der Waals surface area contributed by atoms with E-state index in [2.05, 4.69) is 10.3 Å². The van der Waals surface area contributed by atoms with Gasteiger partial charge in [0.15, 0.2) is 0 Å². The Bertz CT molecular complexity index is 2100. The van der Waals surface area contributed by atoms with Crippen molar-refractivity contribution in [3.05, 3.63) is 111 Å². The maximum atomic E-state index is 13.9. The van der Waals surface area contributed by atoms with Gasteiger partial charge in [-0.25, -0.2) is 0 Å². The molecule has 0 spiro atoms. The summed E-state index contributed by atoms with van der Waals surface area (Å²) in [6, 6.07) is 17.7. The molecular weight excluding hydrogens is 611 g/mol. The summed E-state index contributed by atoms with van der Waals surface area (Å²) in [5, 5.41) is 12.6. The number of aromatic amines is 1. The van der Waals surface area contributed by atoms with Crippen molar-refractivity contribution in [2.24, 2.45) is 7.05 Å². The van der Waals surface area contributed by atoms with Crippen LogP contribution >= 0.6 is 0 Å². The molecule has 9 nitrogen and oxygen atoms in total. The Balaban J connectivity index is 1.70. The van der Waals surface area contributed by atoms with Crippen LogP contribution in [-0.2, 0) is 13.2 Å². The number of nitriles is 1. The van der Waals surface area contributed by atoms with E-state index in [9.17, 15) is 32.8 Å². The molecule has 3 aromatic carbocycles. The first-order valence-corrected chi connectivity index (χ1v) is 14.6. The van der Waals surface area contributed by atoms with Crippen molar-refractivity contribution in [3.63, 3.8) is 0 Å². The molecule has 0 saturated heterocycles. The Morgan fingerprint density at radius 2 is 1.72 bits per heavy atom. The van der Waals surface area contributed by atoms with Gasteiger partial charge in [-0.1, -0.05) is 24.3 Å². The third-order valence-electron chi connectivity index (χ3n) is 7.65. The van der Waals surface area contributed by atoms with Crippen molar-refractivity contribution < 1.29 is 27.5 Å². The summed E-state index contributed by atoms with van der Waals surface area (Å²) in [7, 11) is 1.57. The molecule has 0 saturated carbocycles. The third kappa shape index (κ3) is 6.46. The summed E-state index contributed by atoms with van der Waals surface area (Å²) < 4.78 is 48.3. The van der Waals surface area contributed by atoms with Crippen LogP contribution in [-0.4, -0.2) is 34.5 Å². The van der Waals surface area contributed by atoms with Gasteiger partial charge in [0, 0.05) is 47.6 Å². The fourth-order valence-electron chi connectivity index (χ4n) is 5.32. The van der Waals surface area contributed by atoms with E-state index in [0.29, 0.717) is 28.8 Å². The number of aryl methyl sites for hydroxylation is 3. The Labute approximate surface area is 267 Å². The summed E-state index contributed by atoms with van der Waals surface area (Å²) in [5.41, 5.74) is 1.57. The molecule has 0 aliphatic rings. The first kappa shape index (κ1) is 32.6. The van der Waals surface area contributed by atoms with E-state index < -0.39 is 30.1 Å². The van der Waals surface area contributed by atoms with E-state index in [0.717, 1.165) is 28.2 Å². The van der Waals surface area contributed by atoms with Crippen LogP contribution in [0.3, 0.4) is 0 Å². The number of alkyl halides is 3. The van der Waals surface area contributed by atoms with Crippen molar-refractivity contribution in [3.8, 4) is 28.7 Å². The highest BCUT2D eigenvalue weighted by Crippen LogP contribution is 2.40. The molecule has 5 rings (SSSR count). The van der Waals surface area contributed by atoms with Crippen LogP contribution in [0, 0.1) is 25.2 Å². The number of aromatic nitrogens is 2. The Morgan fingerprint density at radius 3 is 2.38 bits per heavy atom. The minimum Gasteiger partial charge on any atom is -0.456 e. The second kappa shape index (κ2) is 12.9. The van der Waals surface area contributed by atoms with Crippen molar-refractivity contribution in [2.75, 3.05) is 18.0 Å². The number of rotatable bonds is 8. The molecule has 0 aliphatic heterocycles.